The largest absolute Gasteiger partial charge is 2.00 e. The van der Waals surface area contributed by atoms with Crippen molar-refractivity contribution in [2.75, 3.05) is 0 Å². The average molecular weight is 300 g/mol. The van der Waals surface area contributed by atoms with Crippen molar-refractivity contribution in [3.8, 4) is 0 Å². The number of carboxylic acids is 2. The summed E-state index contributed by atoms with van der Waals surface area (Å²) in [5.74, 6) is -3.72. The molecule has 0 aliphatic rings. The molecule has 5 heteroatoms. The van der Waals surface area contributed by atoms with Crippen LogP contribution in [-0.2, 0) is 9.59 Å². The molecule has 0 saturated carbocycles. The van der Waals surface area contributed by atoms with E-state index in [1.807, 2.05) is 6.92 Å². The van der Waals surface area contributed by atoms with Gasteiger partial charge in [0.25, 0.3) is 0 Å². The number of carboxylic acid groups (broad SMARTS) is 2. The molecule has 0 rings (SSSR count). The number of hydrogen-bond acceptors (Lipinski definition) is 2. The van der Waals surface area contributed by atoms with Crippen molar-refractivity contribution in [1.29, 1.82) is 0 Å². The van der Waals surface area contributed by atoms with Gasteiger partial charge in [-0.1, -0.05) is 19.8 Å². The van der Waals surface area contributed by atoms with Crippen LogP contribution in [-0.4, -0.2) is 71.0 Å². The molecular weight excluding hydrogens is 285 g/mol. The maximum atomic E-state index is 10.3. The van der Waals surface area contributed by atoms with Crippen LogP contribution in [0.25, 0.3) is 0 Å². The van der Waals surface area contributed by atoms with Crippen molar-refractivity contribution in [3.63, 3.8) is 0 Å². The van der Waals surface area contributed by atoms with E-state index in [4.69, 9.17) is 10.2 Å². The molecule has 12 heavy (non-hydrogen) atoms. The van der Waals surface area contributed by atoms with Gasteiger partial charge in [0, 0.05) is 0 Å². The zero-order chi connectivity index (χ0) is 8.85. The first-order chi connectivity index (χ1) is 5.09. The van der Waals surface area contributed by atoms with Gasteiger partial charge >= 0.3 is 60.8 Å². The summed E-state index contributed by atoms with van der Waals surface area (Å²) in [5.41, 5.74) is 0. The molecule has 0 aromatic carbocycles. The molecule has 0 heterocycles. The normalized spacial score (nSPS) is 9.17. The van der Waals surface area contributed by atoms with Crippen LogP contribution in [0.15, 0.2) is 0 Å². The third-order valence-corrected chi connectivity index (χ3v) is 1.44. The summed E-state index contributed by atoms with van der Waals surface area (Å²) in [6.45, 7) is 1.89. The van der Waals surface area contributed by atoms with E-state index in [0.29, 0.717) is 6.42 Å². The zero-order valence-electron chi connectivity index (χ0n) is 9.12. The number of aliphatic carboxylic acids is 2. The molecule has 0 aliphatic carbocycles. The second-order valence-electron chi connectivity index (χ2n) is 2.37. The molecule has 68 valence electrons. The van der Waals surface area contributed by atoms with Crippen molar-refractivity contribution in [2.45, 2.75) is 26.2 Å². The molecule has 0 radical (unpaired) electrons. The first kappa shape index (κ1) is 15.0. The summed E-state index contributed by atoms with van der Waals surface area (Å²) in [4.78, 5) is 20.5. The predicted molar refractivity (Wildman–Crippen MR) is 46.3 cm³/mol. The molecule has 0 aromatic heterocycles. The molecule has 0 bridgehead atoms. The summed E-state index contributed by atoms with van der Waals surface area (Å²) in [6.07, 6.45) is 1.68. The van der Waals surface area contributed by atoms with E-state index in [9.17, 15) is 9.59 Å². The Hall–Kier alpha value is 0.511. The fourth-order valence-corrected chi connectivity index (χ4v) is 0.761. The fraction of sp³-hybridized carbons (Fsp3) is 0.714. The van der Waals surface area contributed by atoms with Gasteiger partial charge in [0.05, 0.1) is 0 Å². The van der Waals surface area contributed by atoms with Gasteiger partial charge in [-0.05, 0) is 6.42 Å². The van der Waals surface area contributed by atoms with E-state index in [-0.39, 0.29) is 58.2 Å². The molecule has 0 saturated heterocycles. The van der Waals surface area contributed by atoms with E-state index in [1.165, 1.54) is 0 Å². The molecule has 0 aromatic rings. The third kappa shape index (κ3) is 6.07. The van der Waals surface area contributed by atoms with Crippen LogP contribution in [0.4, 0.5) is 0 Å². The van der Waals surface area contributed by atoms with Crippen molar-refractivity contribution in [3.05, 3.63) is 0 Å². The second kappa shape index (κ2) is 8.13. The number of unbranched alkanes of at least 4 members (excludes halogenated alkanes) is 1. The van der Waals surface area contributed by atoms with Crippen LogP contribution in [0, 0.1) is 5.92 Å². The first-order valence-electron chi connectivity index (χ1n) is 3.55. The van der Waals surface area contributed by atoms with E-state index in [2.05, 4.69) is 0 Å². The molecule has 0 spiro atoms. The maximum Gasteiger partial charge on any atom is 2.00 e. The van der Waals surface area contributed by atoms with Gasteiger partial charge in [0.1, 0.15) is 0 Å². The standard InChI is InChI=1S/C7H12O4.Ba.2H/c1-2-3-4-5(6(8)9)7(10)11;;;/h5H,2-4H2,1H3,(H,8,9)(H,10,11);;;/q;+2;2*-1. The van der Waals surface area contributed by atoms with E-state index in [0.717, 1.165) is 6.42 Å². The monoisotopic (exact) mass is 300 g/mol. The van der Waals surface area contributed by atoms with Crippen molar-refractivity contribution < 1.29 is 22.7 Å². The third-order valence-electron chi connectivity index (χ3n) is 1.44. The molecule has 0 amide bonds. The summed E-state index contributed by atoms with van der Waals surface area (Å²) in [6, 6.07) is 0. The Balaban J connectivity index is -0.000000167. The van der Waals surface area contributed by atoms with Crippen molar-refractivity contribution >= 4 is 60.8 Å². The van der Waals surface area contributed by atoms with Gasteiger partial charge in [0.2, 0.25) is 0 Å². The van der Waals surface area contributed by atoms with Gasteiger partial charge in [0.15, 0.2) is 5.92 Å². The van der Waals surface area contributed by atoms with Crippen LogP contribution in [0.3, 0.4) is 0 Å². The molecule has 0 unspecified atom stereocenters. The summed E-state index contributed by atoms with van der Waals surface area (Å²) in [5, 5.41) is 16.8. The van der Waals surface area contributed by atoms with Gasteiger partial charge in [-0.3, -0.25) is 9.59 Å². The van der Waals surface area contributed by atoms with E-state index >= 15 is 0 Å². The van der Waals surface area contributed by atoms with Crippen molar-refractivity contribution in [1.82, 2.24) is 0 Å². The Morgan fingerprint density at radius 2 is 1.75 bits per heavy atom. The fourth-order valence-electron chi connectivity index (χ4n) is 0.761. The van der Waals surface area contributed by atoms with Gasteiger partial charge in [-0.25, -0.2) is 0 Å². The van der Waals surface area contributed by atoms with Gasteiger partial charge in [-0.15, -0.1) is 0 Å². The molecular formula is C7H14BaO4. The minimum absolute atomic E-state index is 0. The Morgan fingerprint density at radius 3 is 2.00 bits per heavy atom. The van der Waals surface area contributed by atoms with E-state index in [1.54, 1.807) is 0 Å². The second-order valence-corrected chi connectivity index (χ2v) is 2.37. The Morgan fingerprint density at radius 1 is 1.33 bits per heavy atom. The van der Waals surface area contributed by atoms with Gasteiger partial charge in [-0.2, -0.15) is 0 Å². The van der Waals surface area contributed by atoms with Crippen LogP contribution in [0.2, 0.25) is 0 Å². The summed E-state index contributed by atoms with van der Waals surface area (Å²) < 4.78 is 0. The summed E-state index contributed by atoms with van der Waals surface area (Å²) in [7, 11) is 0. The topological polar surface area (TPSA) is 74.6 Å². The number of hydrogen-bond donors (Lipinski definition) is 2. The van der Waals surface area contributed by atoms with E-state index < -0.39 is 17.9 Å². The summed E-state index contributed by atoms with van der Waals surface area (Å²) >= 11 is 0. The Kier molecular flexibility index (Phi) is 10.2. The molecule has 4 nitrogen and oxygen atoms in total. The van der Waals surface area contributed by atoms with Crippen LogP contribution >= 0.6 is 0 Å². The first-order valence-corrected chi connectivity index (χ1v) is 3.55. The molecule has 2 N–H and O–H groups in total. The zero-order valence-corrected chi connectivity index (χ0v) is 11.6. The maximum absolute atomic E-state index is 10.3. The number of carbonyl (C=O) groups is 2. The van der Waals surface area contributed by atoms with Crippen LogP contribution in [0.5, 0.6) is 0 Å². The van der Waals surface area contributed by atoms with Crippen molar-refractivity contribution in [2.24, 2.45) is 5.92 Å². The number of rotatable bonds is 5. The molecule has 0 aliphatic heterocycles. The minimum atomic E-state index is -1.24. The SMILES string of the molecule is CCCCC(C(=O)O)C(=O)O.[Ba+2].[H-].[H-]. The average Bonchev–Trinajstić information content (AvgIpc) is 1.87. The molecule has 0 atom stereocenters. The smallest absolute Gasteiger partial charge is 1.00 e. The Labute approximate surface area is 114 Å². The van der Waals surface area contributed by atoms with Gasteiger partial charge < -0.3 is 13.1 Å². The van der Waals surface area contributed by atoms with Crippen LogP contribution < -0.4 is 0 Å². The minimum Gasteiger partial charge on any atom is -1.00 e. The Bertz CT molecular complexity index is 152. The predicted octanol–water partition coefficient (Wildman–Crippen LogP) is 0.806. The molecule has 0 fully saturated rings. The quantitative estimate of drug-likeness (QED) is 0.582. The van der Waals surface area contributed by atoms with Crippen LogP contribution in [0.1, 0.15) is 29.0 Å².